The number of ether oxygens (including phenoxy) is 5. The van der Waals surface area contributed by atoms with Crippen LogP contribution >= 0.6 is 0 Å². The van der Waals surface area contributed by atoms with Gasteiger partial charge in [-0.2, -0.15) is 0 Å². The van der Waals surface area contributed by atoms with Crippen LogP contribution in [0.5, 0.6) is 23.0 Å². The van der Waals surface area contributed by atoms with E-state index in [1.54, 1.807) is 29.6 Å². The lowest BCUT2D eigenvalue weighted by Gasteiger charge is -2.40. The highest BCUT2D eigenvalue weighted by Gasteiger charge is 2.51. The summed E-state index contributed by atoms with van der Waals surface area (Å²) in [7, 11) is 1.37. The van der Waals surface area contributed by atoms with E-state index in [4.69, 9.17) is 23.7 Å². The first-order valence-electron chi connectivity index (χ1n) is 14.2. The second-order valence-corrected chi connectivity index (χ2v) is 11.1. The zero-order chi connectivity index (χ0) is 30.7. The Morgan fingerprint density at radius 1 is 0.955 bits per heavy atom. The molecule has 2 aromatic carbocycles. The first-order valence-corrected chi connectivity index (χ1v) is 14.2. The van der Waals surface area contributed by atoms with Gasteiger partial charge in [-0.15, -0.1) is 0 Å². The Bertz CT molecular complexity index is 1590. The number of rotatable bonds is 8. The van der Waals surface area contributed by atoms with Crippen molar-refractivity contribution in [2.45, 2.75) is 55.6 Å². The molecule has 7 atom stereocenters. The third kappa shape index (κ3) is 4.49. The van der Waals surface area contributed by atoms with E-state index in [0.717, 1.165) is 0 Å². The van der Waals surface area contributed by atoms with Crippen LogP contribution in [0.2, 0.25) is 0 Å². The summed E-state index contributed by atoms with van der Waals surface area (Å²) in [6.45, 7) is 0.371. The van der Waals surface area contributed by atoms with Gasteiger partial charge in [-0.3, -0.25) is 9.59 Å². The molecule has 2 unspecified atom stereocenters. The Hall–Kier alpha value is -4.21. The molecule has 1 saturated heterocycles. The Balaban J connectivity index is 1.28. The van der Waals surface area contributed by atoms with Gasteiger partial charge in [0.2, 0.25) is 13.1 Å². The normalized spacial score (nSPS) is 28.5. The summed E-state index contributed by atoms with van der Waals surface area (Å²) in [5, 5.41) is 40.6. The van der Waals surface area contributed by atoms with E-state index in [-0.39, 0.29) is 35.5 Å². The number of hydrogen-bond donors (Lipinski definition) is 4. The zero-order valence-corrected chi connectivity index (χ0v) is 23.6. The van der Waals surface area contributed by atoms with Crippen molar-refractivity contribution in [2.24, 2.45) is 0 Å². The maximum Gasteiger partial charge on any atom is 0.254 e. The van der Waals surface area contributed by atoms with Crippen LogP contribution in [0, 0.1) is 0 Å². The molecule has 0 radical (unpaired) electrons. The average Bonchev–Trinajstić information content (AvgIpc) is 3.78. The summed E-state index contributed by atoms with van der Waals surface area (Å²) in [4.78, 5) is 34.1. The van der Waals surface area contributed by atoms with Crippen LogP contribution in [0.15, 0.2) is 43.0 Å². The van der Waals surface area contributed by atoms with Gasteiger partial charge in [-0.05, 0) is 41.8 Å². The number of nitrogens with zero attached hydrogens (tertiary/aromatic N) is 3. The molecule has 0 saturated carbocycles. The molecule has 3 aromatic rings. The minimum Gasteiger partial charge on any atom is -0.493 e. The Morgan fingerprint density at radius 2 is 1.75 bits per heavy atom. The van der Waals surface area contributed by atoms with E-state index in [2.05, 4.69) is 4.98 Å². The molecule has 14 heteroatoms. The van der Waals surface area contributed by atoms with Gasteiger partial charge in [0.05, 0.1) is 32.0 Å². The number of aliphatic hydroxyl groups is 4. The van der Waals surface area contributed by atoms with Gasteiger partial charge in [-0.25, -0.2) is 4.98 Å². The number of imidazole rings is 1. The summed E-state index contributed by atoms with van der Waals surface area (Å²) in [5.74, 6) is -0.200. The number of benzene rings is 2. The molecule has 44 heavy (non-hydrogen) atoms. The zero-order valence-electron chi connectivity index (χ0n) is 23.6. The molecule has 4 aliphatic rings. The minimum absolute atomic E-state index is 0.0357. The number of fused-ring (bicyclic) bond motifs is 6. The fourth-order valence-corrected chi connectivity index (χ4v) is 6.49. The molecule has 4 N–H and O–H groups in total. The molecule has 7 rings (SSSR count). The molecular formula is C30H31N3O11. The smallest absolute Gasteiger partial charge is 0.254 e. The topological polar surface area (TPSA) is 182 Å². The third-order valence-corrected chi connectivity index (χ3v) is 8.69. The number of aryl methyl sites for hydroxylation is 1. The van der Waals surface area contributed by atoms with Gasteiger partial charge in [-0.1, -0.05) is 0 Å². The van der Waals surface area contributed by atoms with Crippen molar-refractivity contribution in [3.63, 3.8) is 0 Å². The van der Waals surface area contributed by atoms with E-state index in [9.17, 15) is 30.0 Å². The second-order valence-electron chi connectivity index (χ2n) is 11.1. The lowest BCUT2D eigenvalue weighted by molar-refractivity contribution is -0.277. The Kier molecular flexibility index (Phi) is 7.17. The number of carbonyl (C=O) groups excluding carboxylic acids is 2. The molecule has 1 aromatic heterocycles. The van der Waals surface area contributed by atoms with Crippen LogP contribution in [-0.4, -0.2) is 104 Å². The number of amides is 1. The average molecular weight is 610 g/mol. The summed E-state index contributed by atoms with van der Waals surface area (Å²) < 4.78 is 30.0. The van der Waals surface area contributed by atoms with E-state index in [1.807, 2.05) is 10.8 Å². The molecule has 1 aliphatic carbocycles. The van der Waals surface area contributed by atoms with Crippen LogP contribution in [0.4, 0.5) is 0 Å². The minimum atomic E-state index is -1.67. The van der Waals surface area contributed by atoms with Crippen LogP contribution in [-0.2, 0) is 11.3 Å². The van der Waals surface area contributed by atoms with Gasteiger partial charge < -0.3 is 53.6 Å². The van der Waals surface area contributed by atoms with E-state index < -0.39 is 49.3 Å². The maximum atomic E-state index is 14.2. The Morgan fingerprint density at radius 3 is 2.48 bits per heavy atom. The number of methoxy groups -OCH3 is 1. The number of ketones is 1. The van der Waals surface area contributed by atoms with Gasteiger partial charge in [0.15, 0.2) is 28.8 Å². The summed E-state index contributed by atoms with van der Waals surface area (Å²) >= 11 is 0. The quantitative estimate of drug-likeness (QED) is 0.276. The predicted octanol–water partition coefficient (Wildman–Crippen LogP) is 0.366. The first kappa shape index (κ1) is 28.6. The highest BCUT2D eigenvalue weighted by atomic mass is 16.7. The molecule has 4 heterocycles. The van der Waals surface area contributed by atoms with E-state index in [0.29, 0.717) is 47.7 Å². The number of hydrogen-bond acceptors (Lipinski definition) is 12. The number of Topliss-reactive ketones (excluding diaryl/α,β-unsaturated/α-hetero) is 1. The van der Waals surface area contributed by atoms with Crippen LogP contribution in [0.25, 0.3) is 0 Å². The van der Waals surface area contributed by atoms with Crippen molar-refractivity contribution >= 4 is 11.7 Å². The number of aromatic nitrogens is 2. The molecule has 1 amide bonds. The molecule has 232 valence electrons. The Labute approximate surface area is 250 Å². The molecule has 1 fully saturated rings. The van der Waals surface area contributed by atoms with Crippen molar-refractivity contribution in [1.29, 1.82) is 0 Å². The van der Waals surface area contributed by atoms with E-state index >= 15 is 0 Å². The summed E-state index contributed by atoms with van der Waals surface area (Å²) in [6, 6.07) is 5.78. The third-order valence-electron chi connectivity index (χ3n) is 8.69. The number of carbonyl (C=O) groups is 2. The van der Waals surface area contributed by atoms with Crippen LogP contribution in [0.3, 0.4) is 0 Å². The van der Waals surface area contributed by atoms with Gasteiger partial charge >= 0.3 is 0 Å². The van der Waals surface area contributed by atoms with E-state index in [1.165, 1.54) is 19.2 Å². The van der Waals surface area contributed by atoms with Crippen LogP contribution < -0.4 is 18.9 Å². The van der Waals surface area contributed by atoms with Gasteiger partial charge in [0, 0.05) is 36.6 Å². The fourth-order valence-electron chi connectivity index (χ4n) is 6.49. The first-order chi connectivity index (χ1) is 21.3. The highest BCUT2D eigenvalue weighted by Crippen LogP contribution is 2.54. The van der Waals surface area contributed by atoms with Crippen molar-refractivity contribution in [1.82, 2.24) is 14.5 Å². The number of aliphatic hydroxyl groups excluding tert-OH is 4. The van der Waals surface area contributed by atoms with Crippen molar-refractivity contribution < 1.29 is 53.7 Å². The van der Waals surface area contributed by atoms with Crippen molar-refractivity contribution in [3.8, 4) is 23.0 Å². The summed E-state index contributed by atoms with van der Waals surface area (Å²) in [6.07, 6.45) is -1.76. The molecular weight excluding hydrogens is 578 g/mol. The van der Waals surface area contributed by atoms with Gasteiger partial charge in [0.1, 0.15) is 24.4 Å². The predicted molar refractivity (Wildman–Crippen MR) is 148 cm³/mol. The lowest BCUT2D eigenvalue weighted by atomic mass is 9.82. The SMILES string of the molecule is COc1cc2c(cc1O[C@@H]1O[C@H](CO)[C@H](O)[C@H](O)[C@H]1O)C1C(=O)c3cc4c(cc3C1N(CCCn1ccnc1)C2=O)OCO4. The van der Waals surface area contributed by atoms with Crippen molar-refractivity contribution in [3.05, 3.63) is 65.2 Å². The van der Waals surface area contributed by atoms with Crippen LogP contribution in [0.1, 0.15) is 50.2 Å². The van der Waals surface area contributed by atoms with Crippen molar-refractivity contribution in [2.75, 3.05) is 27.1 Å². The lowest BCUT2D eigenvalue weighted by Crippen LogP contribution is -2.60. The second kappa shape index (κ2) is 11.1. The monoisotopic (exact) mass is 609 g/mol. The van der Waals surface area contributed by atoms with Gasteiger partial charge in [0.25, 0.3) is 5.91 Å². The fraction of sp³-hybridized carbons (Fsp3) is 0.433. The molecule has 14 nitrogen and oxygen atoms in total. The summed E-state index contributed by atoms with van der Waals surface area (Å²) in [5.41, 5.74) is 1.73. The standard InChI is InChI=1S/C30H31N3O11/c1-40-18-10-17-14(7-21(18)43-30-28(38)27(37)26(36)22(11-34)44-30)23-24(33(29(17)39)5-2-4-32-6-3-31-12-32)15-8-19-20(42-13-41-19)9-16(15)25(23)35/h3,6-10,12,22-24,26-28,30,34,36-38H,2,4-5,11,13H2,1H3/t22-,23?,24?,26+,27+,28-,30-/m1/s1. The molecule has 3 aliphatic heterocycles. The maximum absolute atomic E-state index is 14.2. The molecule has 0 bridgehead atoms. The largest absolute Gasteiger partial charge is 0.493 e. The molecule has 0 spiro atoms. The highest BCUT2D eigenvalue weighted by molar-refractivity contribution is 6.11.